The van der Waals surface area contributed by atoms with E-state index in [9.17, 15) is 9.59 Å². The number of allylic oxidation sites excluding steroid dienone is 2. The van der Waals surface area contributed by atoms with Gasteiger partial charge in [-0.25, -0.2) is 0 Å². The van der Waals surface area contributed by atoms with Crippen molar-refractivity contribution in [3.05, 3.63) is 12.2 Å². The number of amides is 1. The van der Waals surface area contributed by atoms with Crippen LogP contribution in [0.15, 0.2) is 12.2 Å². The molecule has 114 valence electrons. The van der Waals surface area contributed by atoms with Crippen LogP contribution in [0.4, 0.5) is 0 Å². The fourth-order valence-corrected chi connectivity index (χ4v) is 2.35. The van der Waals surface area contributed by atoms with E-state index >= 15 is 0 Å². The molecule has 0 saturated heterocycles. The van der Waals surface area contributed by atoms with Gasteiger partial charge in [0.1, 0.15) is 18.3 Å². The van der Waals surface area contributed by atoms with Crippen molar-refractivity contribution in [2.45, 2.75) is 43.7 Å². The van der Waals surface area contributed by atoms with Crippen LogP contribution in [0.5, 0.6) is 0 Å². The van der Waals surface area contributed by atoms with Gasteiger partial charge < -0.3 is 31.0 Å². The molecule has 1 fully saturated rings. The smallest absolute Gasteiger partial charge is 0.249 e. The monoisotopic (exact) mass is 287 g/mol. The number of primary amides is 1. The third-order valence-electron chi connectivity index (χ3n) is 3.62. The molecule has 20 heavy (non-hydrogen) atoms. The van der Waals surface area contributed by atoms with Crippen LogP contribution in [-0.4, -0.2) is 57.0 Å². The van der Waals surface area contributed by atoms with Crippen molar-refractivity contribution < 1.29 is 30.0 Å². The number of nitrogens with two attached hydrogens (primary N) is 1. The molecule has 6 atom stereocenters. The van der Waals surface area contributed by atoms with Gasteiger partial charge in [-0.15, -0.1) is 0 Å². The van der Waals surface area contributed by atoms with E-state index in [0.29, 0.717) is 0 Å². The third-order valence-corrected chi connectivity index (χ3v) is 3.62. The summed E-state index contributed by atoms with van der Waals surface area (Å²) in [5, 5.41) is 35.3. The zero-order chi connectivity index (χ0) is 15.3. The fourth-order valence-electron chi connectivity index (χ4n) is 2.35. The molecule has 7 nitrogen and oxygen atoms in total. The predicted octanol–water partition coefficient (Wildman–Crippen LogP) is -1.91. The Balaban J connectivity index is 0.000000233. The molecule has 1 saturated carbocycles. The number of rotatable bonds is 5. The standard InChI is InChI=1S/C7H10.C6H11NO6/c1-2-7-4-3-6(1)5-7;7-6(13)5(12)4(11)3(10)2(9)1-8/h1-2,6-7H,3-5H2;1-5,9-12H,(H2,7,13)/t;2-,3-,4+,5+/m.1/s1. The van der Waals surface area contributed by atoms with E-state index in [1.165, 1.54) is 19.3 Å². The number of aldehydes is 1. The van der Waals surface area contributed by atoms with Crippen LogP contribution < -0.4 is 5.73 Å². The summed E-state index contributed by atoms with van der Waals surface area (Å²) < 4.78 is 0. The molecule has 7 heteroatoms. The zero-order valence-electron chi connectivity index (χ0n) is 11.0. The third kappa shape index (κ3) is 4.38. The first-order valence-electron chi connectivity index (χ1n) is 6.52. The van der Waals surface area contributed by atoms with Crippen LogP contribution in [0.3, 0.4) is 0 Å². The minimum absolute atomic E-state index is 0.0401. The number of aliphatic hydroxyl groups is 4. The number of carbonyl (C=O) groups is 2. The van der Waals surface area contributed by atoms with Crippen LogP contribution in [0.25, 0.3) is 0 Å². The lowest BCUT2D eigenvalue weighted by atomic mass is 10.0. The van der Waals surface area contributed by atoms with E-state index in [4.69, 9.17) is 20.4 Å². The molecule has 2 unspecified atom stereocenters. The van der Waals surface area contributed by atoms with E-state index in [1.807, 2.05) is 0 Å². The maximum atomic E-state index is 10.3. The van der Waals surface area contributed by atoms with Gasteiger partial charge in [-0.2, -0.15) is 0 Å². The second-order valence-corrected chi connectivity index (χ2v) is 5.17. The molecule has 1 amide bonds. The first kappa shape index (κ1) is 16.8. The molecular weight excluding hydrogens is 266 g/mol. The summed E-state index contributed by atoms with van der Waals surface area (Å²) in [5.41, 5.74) is 4.59. The van der Waals surface area contributed by atoms with Gasteiger partial charge >= 0.3 is 0 Å². The van der Waals surface area contributed by atoms with Crippen molar-refractivity contribution in [2.24, 2.45) is 17.6 Å². The van der Waals surface area contributed by atoms with Crippen molar-refractivity contribution in [3.63, 3.8) is 0 Å². The van der Waals surface area contributed by atoms with E-state index in [2.05, 4.69) is 17.9 Å². The van der Waals surface area contributed by atoms with Gasteiger partial charge in [0.2, 0.25) is 5.91 Å². The molecule has 2 aliphatic carbocycles. The quantitative estimate of drug-likeness (QED) is 0.295. The Labute approximate surface area is 116 Å². The van der Waals surface area contributed by atoms with Crippen LogP contribution in [0.1, 0.15) is 19.3 Å². The minimum atomic E-state index is -2.02. The van der Waals surface area contributed by atoms with Crippen LogP contribution in [-0.2, 0) is 9.59 Å². The summed E-state index contributed by atoms with van der Waals surface area (Å²) in [6.07, 6.45) is 1.32. The number of aliphatic hydroxyl groups excluding tert-OH is 4. The van der Waals surface area contributed by atoms with Crippen molar-refractivity contribution in [3.8, 4) is 0 Å². The molecule has 2 aliphatic rings. The van der Waals surface area contributed by atoms with E-state index in [-0.39, 0.29) is 6.29 Å². The lowest BCUT2D eigenvalue weighted by Crippen LogP contribution is -2.49. The topological polar surface area (TPSA) is 141 Å². The molecule has 0 aromatic carbocycles. The van der Waals surface area contributed by atoms with Gasteiger partial charge in [-0.3, -0.25) is 4.79 Å². The molecule has 0 aliphatic heterocycles. The normalized spacial score (nSPS) is 29.0. The van der Waals surface area contributed by atoms with Gasteiger partial charge in [-0.05, 0) is 31.1 Å². The maximum Gasteiger partial charge on any atom is 0.249 e. The number of hydrogen-bond donors (Lipinski definition) is 5. The highest BCUT2D eigenvalue weighted by Crippen LogP contribution is 2.38. The molecule has 0 radical (unpaired) electrons. The van der Waals surface area contributed by atoms with E-state index < -0.39 is 30.3 Å². The van der Waals surface area contributed by atoms with Gasteiger partial charge in [0, 0.05) is 0 Å². The molecule has 6 N–H and O–H groups in total. The van der Waals surface area contributed by atoms with E-state index in [1.54, 1.807) is 0 Å². The summed E-state index contributed by atoms with van der Waals surface area (Å²) in [7, 11) is 0. The second kappa shape index (κ2) is 7.49. The second-order valence-electron chi connectivity index (χ2n) is 5.17. The molecule has 0 aromatic heterocycles. The Morgan fingerprint density at radius 1 is 1.10 bits per heavy atom. The molecule has 2 bridgehead atoms. The lowest BCUT2D eigenvalue weighted by Gasteiger charge is -2.21. The molecule has 0 aromatic rings. The highest BCUT2D eigenvalue weighted by Gasteiger charge is 2.32. The average Bonchev–Trinajstić information content (AvgIpc) is 3.09. The number of hydrogen-bond acceptors (Lipinski definition) is 6. The molecule has 2 rings (SSSR count). The lowest BCUT2D eigenvalue weighted by molar-refractivity contribution is -0.147. The molecule has 0 spiro atoms. The summed E-state index contributed by atoms with van der Waals surface area (Å²) >= 11 is 0. The maximum absolute atomic E-state index is 10.3. The summed E-state index contributed by atoms with van der Waals surface area (Å²) in [6.45, 7) is 0. The van der Waals surface area contributed by atoms with Crippen molar-refractivity contribution in [2.75, 3.05) is 0 Å². The van der Waals surface area contributed by atoms with Crippen LogP contribution in [0, 0.1) is 11.8 Å². The average molecular weight is 287 g/mol. The summed E-state index contributed by atoms with van der Waals surface area (Å²) in [4.78, 5) is 20.2. The minimum Gasteiger partial charge on any atom is -0.387 e. The molecular formula is C13H21NO6. The Bertz CT molecular complexity index is 360. The fraction of sp³-hybridized carbons (Fsp3) is 0.692. The number of fused-ring (bicyclic) bond motifs is 2. The van der Waals surface area contributed by atoms with Crippen molar-refractivity contribution in [1.82, 2.24) is 0 Å². The first-order valence-corrected chi connectivity index (χ1v) is 6.52. The van der Waals surface area contributed by atoms with Gasteiger partial charge in [0.05, 0.1) is 0 Å². The Morgan fingerprint density at radius 2 is 1.60 bits per heavy atom. The highest BCUT2D eigenvalue weighted by atomic mass is 16.4. The van der Waals surface area contributed by atoms with Crippen molar-refractivity contribution in [1.29, 1.82) is 0 Å². The van der Waals surface area contributed by atoms with Crippen molar-refractivity contribution >= 4 is 12.2 Å². The largest absolute Gasteiger partial charge is 0.387 e. The van der Waals surface area contributed by atoms with Gasteiger partial charge in [0.25, 0.3) is 0 Å². The van der Waals surface area contributed by atoms with Gasteiger partial charge in [-0.1, -0.05) is 12.2 Å². The summed E-state index contributed by atoms with van der Waals surface area (Å²) in [6, 6.07) is 0. The number of carbonyl (C=O) groups excluding carboxylic acids is 2. The Kier molecular flexibility index (Phi) is 6.28. The van der Waals surface area contributed by atoms with Crippen LogP contribution >= 0.6 is 0 Å². The Morgan fingerprint density at radius 3 is 1.85 bits per heavy atom. The predicted molar refractivity (Wildman–Crippen MR) is 69.3 cm³/mol. The zero-order valence-corrected chi connectivity index (χ0v) is 11.0. The Hall–Kier alpha value is -1.28. The highest BCUT2D eigenvalue weighted by molar-refractivity contribution is 5.79. The molecule has 0 heterocycles. The van der Waals surface area contributed by atoms with E-state index in [0.717, 1.165) is 11.8 Å². The van der Waals surface area contributed by atoms with Gasteiger partial charge in [0.15, 0.2) is 12.4 Å². The van der Waals surface area contributed by atoms with Crippen LogP contribution in [0.2, 0.25) is 0 Å². The SMILES string of the molecule is C1=CC2CCC1C2.NC(=O)[C@@H](O)[C@@H](O)[C@H](O)[C@H](O)C=O. The summed E-state index contributed by atoms with van der Waals surface area (Å²) in [5.74, 6) is 0.722. The first-order chi connectivity index (χ1) is 9.36.